The van der Waals surface area contributed by atoms with Crippen LogP contribution >= 0.6 is 15.9 Å². The van der Waals surface area contributed by atoms with Gasteiger partial charge in [0.15, 0.2) is 0 Å². The van der Waals surface area contributed by atoms with Gasteiger partial charge in [0.25, 0.3) is 17.4 Å². The van der Waals surface area contributed by atoms with Crippen LogP contribution in [-0.2, 0) is 18.4 Å². The summed E-state index contributed by atoms with van der Waals surface area (Å²) in [4.78, 5) is 40.8. The summed E-state index contributed by atoms with van der Waals surface area (Å²) in [5, 5.41) is 0.443. The third-order valence-electron chi connectivity index (χ3n) is 3.89. The number of para-hydroxylation sites is 1. The van der Waals surface area contributed by atoms with Crippen molar-refractivity contribution in [2.75, 3.05) is 0 Å². The van der Waals surface area contributed by atoms with E-state index in [0.717, 1.165) is 10.0 Å². The zero-order valence-corrected chi connectivity index (χ0v) is 15.7. The van der Waals surface area contributed by atoms with E-state index in [1.807, 2.05) is 13.0 Å². The van der Waals surface area contributed by atoms with Crippen LogP contribution in [0.1, 0.15) is 16.1 Å². The lowest BCUT2D eigenvalue weighted by Crippen LogP contribution is -2.44. The summed E-state index contributed by atoms with van der Waals surface area (Å²) in [6, 6.07) is 6.93. The molecule has 0 saturated heterocycles. The molecule has 0 fully saturated rings. The van der Waals surface area contributed by atoms with Gasteiger partial charge in [0.1, 0.15) is 12.2 Å². The minimum absolute atomic E-state index is 0.257. The molecular formula is C17H16BrN5O3. The molecule has 3 rings (SSSR count). The first-order valence-electron chi connectivity index (χ1n) is 7.72. The highest BCUT2D eigenvalue weighted by Gasteiger charge is 2.13. The van der Waals surface area contributed by atoms with E-state index in [4.69, 9.17) is 0 Å². The third kappa shape index (κ3) is 3.52. The van der Waals surface area contributed by atoms with E-state index >= 15 is 0 Å². The molecule has 0 spiro atoms. The summed E-state index contributed by atoms with van der Waals surface area (Å²) in [5.74, 6) is -1.01. The Morgan fingerprint density at radius 3 is 2.73 bits per heavy atom. The molecule has 0 radical (unpaired) electrons. The summed E-state index contributed by atoms with van der Waals surface area (Å²) in [7, 11) is 1.71. The molecule has 0 aliphatic carbocycles. The molecule has 0 bridgehead atoms. The van der Waals surface area contributed by atoms with Crippen LogP contribution in [0.2, 0.25) is 0 Å². The number of hydrazine groups is 1. The van der Waals surface area contributed by atoms with Gasteiger partial charge in [-0.15, -0.1) is 0 Å². The number of hydrogen-bond acceptors (Lipinski definition) is 4. The normalized spacial score (nSPS) is 10.7. The summed E-state index contributed by atoms with van der Waals surface area (Å²) < 4.78 is 3.56. The number of aromatic nitrogens is 3. The highest BCUT2D eigenvalue weighted by molar-refractivity contribution is 9.10. The van der Waals surface area contributed by atoms with Crippen LogP contribution in [0.5, 0.6) is 0 Å². The molecule has 2 heterocycles. The van der Waals surface area contributed by atoms with E-state index in [-0.39, 0.29) is 12.1 Å². The van der Waals surface area contributed by atoms with Crippen LogP contribution < -0.4 is 16.4 Å². The highest BCUT2D eigenvalue weighted by Crippen LogP contribution is 2.13. The van der Waals surface area contributed by atoms with Gasteiger partial charge in [0, 0.05) is 17.7 Å². The molecule has 0 unspecified atom stereocenters. The first kappa shape index (κ1) is 17.9. The topological polar surface area (TPSA) is 98.0 Å². The van der Waals surface area contributed by atoms with Crippen molar-refractivity contribution in [2.45, 2.75) is 13.5 Å². The lowest BCUT2D eigenvalue weighted by molar-refractivity contribution is -0.122. The second-order valence-corrected chi connectivity index (χ2v) is 6.72. The van der Waals surface area contributed by atoms with Gasteiger partial charge in [0.05, 0.1) is 17.2 Å². The van der Waals surface area contributed by atoms with Crippen LogP contribution in [0.3, 0.4) is 0 Å². The smallest absolute Gasteiger partial charge is 0.286 e. The van der Waals surface area contributed by atoms with Gasteiger partial charge >= 0.3 is 0 Å². The van der Waals surface area contributed by atoms with Gasteiger partial charge in [-0.1, -0.05) is 12.1 Å². The Balaban J connectivity index is 1.70. The van der Waals surface area contributed by atoms with E-state index in [1.165, 1.54) is 10.9 Å². The summed E-state index contributed by atoms with van der Waals surface area (Å²) in [6.07, 6.45) is 3.05. The van der Waals surface area contributed by atoms with Crippen molar-refractivity contribution in [3.05, 3.63) is 62.9 Å². The number of rotatable bonds is 3. The predicted molar refractivity (Wildman–Crippen MR) is 99.5 cm³/mol. The van der Waals surface area contributed by atoms with E-state index < -0.39 is 11.8 Å². The molecule has 0 saturated carbocycles. The summed E-state index contributed by atoms with van der Waals surface area (Å²) >= 11 is 3.28. The number of nitrogens with zero attached hydrogens (tertiary/aromatic N) is 3. The zero-order chi connectivity index (χ0) is 18.8. The van der Waals surface area contributed by atoms with Gasteiger partial charge in [-0.05, 0) is 40.5 Å². The number of fused-ring (bicyclic) bond motifs is 1. The van der Waals surface area contributed by atoms with Crippen molar-refractivity contribution in [3.63, 3.8) is 0 Å². The molecule has 2 aromatic heterocycles. The maximum absolute atomic E-state index is 12.5. The van der Waals surface area contributed by atoms with Crippen LogP contribution in [0, 0.1) is 6.92 Å². The van der Waals surface area contributed by atoms with Crippen molar-refractivity contribution in [3.8, 4) is 0 Å². The molecule has 0 aliphatic heterocycles. The number of hydrogen-bond donors (Lipinski definition) is 2. The van der Waals surface area contributed by atoms with E-state index in [1.54, 1.807) is 36.0 Å². The Bertz CT molecular complexity index is 1070. The molecule has 134 valence electrons. The number of benzene rings is 1. The maximum Gasteiger partial charge on any atom is 0.286 e. The molecule has 0 aliphatic rings. The molecule has 1 aromatic carbocycles. The monoisotopic (exact) mass is 417 g/mol. The molecule has 3 aromatic rings. The standard InChI is InChI=1S/C17H16BrN5O3/c1-10-4-3-5-12-15(10)19-9-23(17(12)26)8-14(24)20-21-16(25)13-6-11(18)7-22(13)2/h3-7,9H,8H2,1-2H3,(H,20,24)(H,21,25). The molecule has 0 atom stereocenters. The molecule has 2 N–H and O–H groups in total. The molecule has 2 amide bonds. The summed E-state index contributed by atoms with van der Waals surface area (Å²) in [6.45, 7) is 1.61. The first-order valence-corrected chi connectivity index (χ1v) is 8.52. The van der Waals surface area contributed by atoms with Gasteiger partial charge in [-0.3, -0.25) is 29.8 Å². The van der Waals surface area contributed by atoms with Crippen LogP contribution in [0.15, 0.2) is 46.1 Å². The van der Waals surface area contributed by atoms with Crippen LogP contribution in [0.4, 0.5) is 0 Å². The van der Waals surface area contributed by atoms with Crippen LogP contribution in [0.25, 0.3) is 10.9 Å². The molecule has 9 heteroatoms. The quantitative estimate of drug-likeness (QED) is 0.626. The zero-order valence-electron chi connectivity index (χ0n) is 14.1. The molecule has 8 nitrogen and oxygen atoms in total. The fourth-order valence-corrected chi connectivity index (χ4v) is 3.11. The summed E-state index contributed by atoms with van der Waals surface area (Å²) in [5.41, 5.74) is 6.17. The number of carbonyl (C=O) groups is 2. The van der Waals surface area contributed by atoms with Gasteiger partial charge in [-0.25, -0.2) is 4.98 Å². The lowest BCUT2D eigenvalue weighted by atomic mass is 10.1. The van der Waals surface area contributed by atoms with Crippen molar-refractivity contribution in [1.82, 2.24) is 25.0 Å². The Hall–Kier alpha value is -2.94. The Morgan fingerprint density at radius 2 is 2.04 bits per heavy atom. The number of halogens is 1. The minimum atomic E-state index is -0.539. The first-order chi connectivity index (χ1) is 12.4. The molecular weight excluding hydrogens is 402 g/mol. The van der Waals surface area contributed by atoms with Gasteiger partial charge < -0.3 is 4.57 Å². The second-order valence-electron chi connectivity index (χ2n) is 5.81. The Labute approximate surface area is 156 Å². The SMILES string of the molecule is Cc1cccc2c(=O)n(CC(=O)NNC(=O)c3cc(Br)cn3C)cnc12. The average Bonchev–Trinajstić information content (AvgIpc) is 2.94. The van der Waals surface area contributed by atoms with Crippen molar-refractivity contribution in [1.29, 1.82) is 0 Å². The van der Waals surface area contributed by atoms with Crippen LogP contribution in [-0.4, -0.2) is 25.9 Å². The fraction of sp³-hybridized carbons (Fsp3) is 0.176. The fourth-order valence-electron chi connectivity index (χ4n) is 2.58. The van der Waals surface area contributed by atoms with Crippen molar-refractivity contribution in [2.24, 2.45) is 7.05 Å². The number of nitrogens with one attached hydrogen (secondary N) is 2. The second kappa shape index (κ2) is 7.12. The minimum Gasteiger partial charge on any atom is -0.345 e. The maximum atomic E-state index is 12.5. The number of aryl methyl sites for hydroxylation is 2. The Kier molecular flexibility index (Phi) is 4.90. The Morgan fingerprint density at radius 1 is 1.27 bits per heavy atom. The van der Waals surface area contributed by atoms with Crippen molar-refractivity contribution < 1.29 is 9.59 Å². The van der Waals surface area contributed by atoms with Crippen molar-refractivity contribution >= 4 is 38.6 Å². The number of carbonyl (C=O) groups excluding carboxylic acids is 2. The molecule has 26 heavy (non-hydrogen) atoms. The highest BCUT2D eigenvalue weighted by atomic mass is 79.9. The van der Waals surface area contributed by atoms with Gasteiger partial charge in [0.2, 0.25) is 0 Å². The van der Waals surface area contributed by atoms with E-state index in [9.17, 15) is 14.4 Å². The third-order valence-corrected chi connectivity index (χ3v) is 4.32. The van der Waals surface area contributed by atoms with E-state index in [2.05, 4.69) is 31.8 Å². The predicted octanol–water partition coefficient (Wildman–Crippen LogP) is 1.27. The number of amides is 2. The van der Waals surface area contributed by atoms with E-state index in [0.29, 0.717) is 16.6 Å². The largest absolute Gasteiger partial charge is 0.345 e. The van der Waals surface area contributed by atoms with Gasteiger partial charge in [-0.2, -0.15) is 0 Å². The average molecular weight is 418 g/mol. The lowest BCUT2D eigenvalue weighted by Gasteiger charge is -2.10.